The molecule has 5 nitrogen and oxygen atoms in total. The van der Waals surface area contributed by atoms with Crippen LogP contribution in [0, 0.1) is 0 Å². The van der Waals surface area contributed by atoms with Gasteiger partial charge in [0.15, 0.2) is 11.5 Å². The average Bonchev–Trinajstić information content (AvgIpc) is 2.68. The predicted octanol–water partition coefficient (Wildman–Crippen LogP) is 3.43. The van der Waals surface area contributed by atoms with E-state index in [1.165, 1.54) is 5.56 Å². The number of anilines is 1. The van der Waals surface area contributed by atoms with Crippen LogP contribution in [-0.2, 0) is 17.6 Å². The summed E-state index contributed by atoms with van der Waals surface area (Å²) in [4.78, 5) is 12.0. The van der Waals surface area contributed by atoms with Crippen LogP contribution in [0.4, 0.5) is 5.69 Å². The Morgan fingerprint density at radius 2 is 1.62 bits per heavy atom. The van der Waals surface area contributed by atoms with Gasteiger partial charge in [0.05, 0.1) is 14.2 Å². The maximum absolute atomic E-state index is 12.0. The minimum atomic E-state index is 0.0212. The smallest absolute Gasteiger partial charge is 0.225 e. The molecule has 2 rings (SSSR count). The summed E-state index contributed by atoms with van der Waals surface area (Å²) in [6, 6.07) is 13.9. The standard InChI is InChI=1S/C21H28N2O3/c1-4-16-5-8-18(9-6-16)23-21(24)12-14-22-13-11-17-7-10-19(25-2)20(15-17)26-3/h5-10,15,22H,4,11-14H2,1-3H3,(H,23,24). The number of hydrogen-bond acceptors (Lipinski definition) is 4. The van der Waals surface area contributed by atoms with Crippen molar-refractivity contribution in [2.45, 2.75) is 26.2 Å². The minimum Gasteiger partial charge on any atom is -0.493 e. The lowest BCUT2D eigenvalue weighted by Crippen LogP contribution is -2.23. The molecule has 0 radical (unpaired) electrons. The highest BCUT2D eigenvalue weighted by Crippen LogP contribution is 2.27. The zero-order valence-electron chi connectivity index (χ0n) is 15.8. The lowest BCUT2D eigenvalue weighted by molar-refractivity contribution is -0.116. The van der Waals surface area contributed by atoms with Crippen LogP contribution in [0.5, 0.6) is 11.5 Å². The number of nitrogens with one attached hydrogen (secondary N) is 2. The Bertz CT molecular complexity index is 699. The monoisotopic (exact) mass is 356 g/mol. The average molecular weight is 356 g/mol. The fourth-order valence-electron chi connectivity index (χ4n) is 2.64. The molecule has 0 saturated heterocycles. The van der Waals surface area contributed by atoms with E-state index in [9.17, 15) is 4.79 Å². The van der Waals surface area contributed by atoms with E-state index in [4.69, 9.17) is 9.47 Å². The molecule has 0 bridgehead atoms. The first-order chi connectivity index (χ1) is 12.7. The van der Waals surface area contributed by atoms with Gasteiger partial charge in [0.1, 0.15) is 0 Å². The number of carbonyl (C=O) groups excluding carboxylic acids is 1. The van der Waals surface area contributed by atoms with Crippen LogP contribution in [0.3, 0.4) is 0 Å². The first-order valence-corrected chi connectivity index (χ1v) is 8.96. The number of amides is 1. The Labute approximate surface area is 155 Å². The normalized spacial score (nSPS) is 10.4. The van der Waals surface area contributed by atoms with Gasteiger partial charge >= 0.3 is 0 Å². The van der Waals surface area contributed by atoms with E-state index in [0.717, 1.165) is 42.1 Å². The minimum absolute atomic E-state index is 0.0212. The summed E-state index contributed by atoms with van der Waals surface area (Å²) < 4.78 is 10.5. The second-order valence-electron chi connectivity index (χ2n) is 6.04. The maximum atomic E-state index is 12.0. The maximum Gasteiger partial charge on any atom is 0.225 e. The number of benzene rings is 2. The van der Waals surface area contributed by atoms with Crippen molar-refractivity contribution >= 4 is 11.6 Å². The van der Waals surface area contributed by atoms with E-state index in [1.807, 2.05) is 42.5 Å². The van der Waals surface area contributed by atoms with Crippen LogP contribution < -0.4 is 20.1 Å². The van der Waals surface area contributed by atoms with E-state index in [-0.39, 0.29) is 5.91 Å². The van der Waals surface area contributed by atoms with Crippen molar-refractivity contribution in [3.05, 3.63) is 53.6 Å². The molecule has 0 aromatic heterocycles. The lowest BCUT2D eigenvalue weighted by Gasteiger charge is -2.10. The molecule has 0 heterocycles. The fourth-order valence-corrected chi connectivity index (χ4v) is 2.64. The Morgan fingerprint density at radius 1 is 0.923 bits per heavy atom. The number of carbonyl (C=O) groups is 1. The van der Waals surface area contributed by atoms with Crippen LogP contribution >= 0.6 is 0 Å². The molecule has 0 fully saturated rings. The molecule has 2 aromatic rings. The summed E-state index contributed by atoms with van der Waals surface area (Å²) in [6.45, 7) is 3.56. The Balaban J connectivity index is 1.67. The SMILES string of the molecule is CCc1ccc(NC(=O)CCNCCc2ccc(OC)c(OC)c2)cc1. The summed E-state index contributed by atoms with van der Waals surface area (Å²) in [5.74, 6) is 1.49. The van der Waals surface area contributed by atoms with Crippen molar-refractivity contribution in [2.24, 2.45) is 0 Å². The van der Waals surface area contributed by atoms with Crippen molar-refractivity contribution < 1.29 is 14.3 Å². The van der Waals surface area contributed by atoms with Gasteiger partial charge in [0.25, 0.3) is 0 Å². The molecule has 0 aliphatic carbocycles. The number of rotatable bonds is 10. The molecule has 1 amide bonds. The topological polar surface area (TPSA) is 59.6 Å². The van der Waals surface area contributed by atoms with Gasteiger partial charge in [-0.3, -0.25) is 4.79 Å². The Morgan fingerprint density at radius 3 is 2.27 bits per heavy atom. The van der Waals surface area contributed by atoms with Gasteiger partial charge in [-0.1, -0.05) is 25.1 Å². The molecule has 0 saturated carbocycles. The fraction of sp³-hybridized carbons (Fsp3) is 0.381. The molecule has 140 valence electrons. The summed E-state index contributed by atoms with van der Waals surface area (Å²) >= 11 is 0. The molecule has 0 unspecified atom stereocenters. The molecule has 5 heteroatoms. The number of methoxy groups -OCH3 is 2. The molecule has 0 aliphatic rings. The number of hydrogen-bond donors (Lipinski definition) is 2. The van der Waals surface area contributed by atoms with Crippen molar-refractivity contribution in [2.75, 3.05) is 32.6 Å². The van der Waals surface area contributed by atoms with E-state index in [2.05, 4.69) is 17.6 Å². The Hall–Kier alpha value is -2.53. The van der Waals surface area contributed by atoms with Gasteiger partial charge in [-0.2, -0.15) is 0 Å². The van der Waals surface area contributed by atoms with Crippen LogP contribution in [0.25, 0.3) is 0 Å². The van der Waals surface area contributed by atoms with E-state index >= 15 is 0 Å². The Kier molecular flexibility index (Phi) is 7.96. The van der Waals surface area contributed by atoms with Crippen LogP contribution in [-0.4, -0.2) is 33.2 Å². The quantitative estimate of drug-likeness (QED) is 0.641. The summed E-state index contributed by atoms with van der Waals surface area (Å²) in [6.07, 6.45) is 2.31. The number of aryl methyl sites for hydroxylation is 1. The van der Waals surface area contributed by atoms with Gasteiger partial charge in [-0.25, -0.2) is 0 Å². The zero-order chi connectivity index (χ0) is 18.8. The third kappa shape index (κ3) is 6.08. The van der Waals surface area contributed by atoms with Crippen molar-refractivity contribution in [3.8, 4) is 11.5 Å². The summed E-state index contributed by atoms with van der Waals surface area (Å²) in [7, 11) is 3.26. The van der Waals surface area contributed by atoms with Crippen molar-refractivity contribution in [1.29, 1.82) is 0 Å². The van der Waals surface area contributed by atoms with Gasteiger partial charge in [0.2, 0.25) is 5.91 Å². The third-order valence-electron chi connectivity index (χ3n) is 4.21. The first kappa shape index (κ1) is 19.8. The van der Waals surface area contributed by atoms with E-state index < -0.39 is 0 Å². The highest BCUT2D eigenvalue weighted by molar-refractivity contribution is 5.90. The second kappa shape index (κ2) is 10.5. The number of ether oxygens (including phenoxy) is 2. The summed E-state index contributed by atoms with van der Waals surface area (Å²) in [5.41, 5.74) is 3.27. The van der Waals surface area contributed by atoms with Gasteiger partial charge in [-0.05, 0) is 54.8 Å². The zero-order valence-corrected chi connectivity index (χ0v) is 15.8. The molecule has 2 N–H and O–H groups in total. The van der Waals surface area contributed by atoms with Gasteiger partial charge in [0, 0.05) is 18.7 Å². The molecular formula is C21H28N2O3. The van der Waals surface area contributed by atoms with Gasteiger partial charge in [-0.15, -0.1) is 0 Å². The summed E-state index contributed by atoms with van der Waals surface area (Å²) in [5, 5.41) is 6.22. The predicted molar refractivity (Wildman–Crippen MR) is 105 cm³/mol. The first-order valence-electron chi connectivity index (χ1n) is 8.96. The van der Waals surface area contributed by atoms with Crippen LogP contribution in [0.15, 0.2) is 42.5 Å². The molecule has 2 aromatic carbocycles. The van der Waals surface area contributed by atoms with Crippen LogP contribution in [0.1, 0.15) is 24.5 Å². The molecular weight excluding hydrogens is 328 g/mol. The lowest BCUT2D eigenvalue weighted by atomic mass is 10.1. The van der Waals surface area contributed by atoms with E-state index in [0.29, 0.717) is 13.0 Å². The highest BCUT2D eigenvalue weighted by Gasteiger charge is 2.05. The van der Waals surface area contributed by atoms with Crippen LogP contribution in [0.2, 0.25) is 0 Å². The van der Waals surface area contributed by atoms with Gasteiger partial charge < -0.3 is 20.1 Å². The molecule has 0 aliphatic heterocycles. The van der Waals surface area contributed by atoms with E-state index in [1.54, 1.807) is 14.2 Å². The molecule has 0 atom stereocenters. The van der Waals surface area contributed by atoms with Crippen molar-refractivity contribution in [3.63, 3.8) is 0 Å². The van der Waals surface area contributed by atoms with Crippen molar-refractivity contribution in [1.82, 2.24) is 5.32 Å². The molecule has 26 heavy (non-hydrogen) atoms. The molecule has 0 spiro atoms. The third-order valence-corrected chi connectivity index (χ3v) is 4.21. The largest absolute Gasteiger partial charge is 0.493 e. The second-order valence-corrected chi connectivity index (χ2v) is 6.04. The highest BCUT2D eigenvalue weighted by atomic mass is 16.5.